The van der Waals surface area contributed by atoms with E-state index in [4.69, 9.17) is 16.3 Å². The highest BCUT2D eigenvalue weighted by Crippen LogP contribution is 2.34. The van der Waals surface area contributed by atoms with Crippen LogP contribution in [-0.4, -0.2) is 53.0 Å². The molecular formula is C21H14ClN9O2S. The van der Waals surface area contributed by atoms with Gasteiger partial charge in [-0.2, -0.15) is 10.2 Å². The number of aromatic amines is 1. The lowest BCUT2D eigenvalue weighted by atomic mass is 10.0. The molecule has 0 saturated carbocycles. The lowest BCUT2D eigenvalue weighted by molar-refractivity contribution is 0.102. The van der Waals surface area contributed by atoms with E-state index in [1.54, 1.807) is 22.8 Å². The summed E-state index contributed by atoms with van der Waals surface area (Å²) in [5, 5.41) is 22.8. The minimum Gasteiger partial charge on any atom is -0.494 e. The van der Waals surface area contributed by atoms with E-state index in [1.807, 2.05) is 13.0 Å². The quantitative estimate of drug-likeness (QED) is 0.289. The Morgan fingerprint density at radius 2 is 2.09 bits per heavy atom. The fraction of sp³-hybridized carbons (Fsp3) is 0.0952. The van der Waals surface area contributed by atoms with Gasteiger partial charge in [-0.25, -0.2) is 14.5 Å². The third kappa shape index (κ3) is 4.29. The molecule has 0 atom stereocenters. The molecule has 0 saturated heterocycles. The zero-order valence-electron chi connectivity index (χ0n) is 17.7. The maximum absolute atomic E-state index is 13.3. The molecule has 34 heavy (non-hydrogen) atoms. The summed E-state index contributed by atoms with van der Waals surface area (Å²) in [4.78, 5) is 21.5. The third-order valence-corrected chi connectivity index (χ3v) is 5.61. The number of carbonyl (C=O) groups excluding carboxylic acids is 1. The molecule has 5 heterocycles. The van der Waals surface area contributed by atoms with E-state index < -0.39 is 5.91 Å². The fourth-order valence-corrected chi connectivity index (χ4v) is 3.89. The van der Waals surface area contributed by atoms with Crippen molar-refractivity contribution in [2.75, 3.05) is 12.4 Å². The van der Waals surface area contributed by atoms with Crippen LogP contribution in [0.5, 0.6) is 5.75 Å². The Morgan fingerprint density at radius 1 is 1.21 bits per heavy atom. The van der Waals surface area contributed by atoms with Gasteiger partial charge in [-0.05, 0) is 37.0 Å². The number of pyridine rings is 2. The van der Waals surface area contributed by atoms with Crippen molar-refractivity contribution in [1.82, 2.24) is 40.0 Å². The van der Waals surface area contributed by atoms with Crippen LogP contribution in [-0.2, 0) is 0 Å². The molecule has 0 aromatic carbocycles. The third-order valence-electron chi connectivity index (χ3n) is 4.65. The number of hydrogen-bond donors (Lipinski definition) is 2. The van der Waals surface area contributed by atoms with E-state index in [9.17, 15) is 4.79 Å². The summed E-state index contributed by atoms with van der Waals surface area (Å²) >= 11 is 7.27. The number of aromatic nitrogens is 8. The summed E-state index contributed by atoms with van der Waals surface area (Å²) in [6.45, 7) is 1.89. The van der Waals surface area contributed by atoms with Gasteiger partial charge in [-0.15, -0.1) is 10.2 Å². The number of methoxy groups -OCH3 is 1. The first-order valence-electron chi connectivity index (χ1n) is 9.72. The van der Waals surface area contributed by atoms with Crippen LogP contribution in [0.2, 0.25) is 5.15 Å². The minimum atomic E-state index is -0.422. The number of ether oxygens (including phenoxy) is 1. The first kappa shape index (κ1) is 21.5. The molecule has 1 amide bonds. The zero-order valence-corrected chi connectivity index (χ0v) is 19.3. The number of H-pyrrole nitrogens is 1. The van der Waals surface area contributed by atoms with Crippen molar-refractivity contribution >= 4 is 39.6 Å². The van der Waals surface area contributed by atoms with Gasteiger partial charge in [0, 0.05) is 23.0 Å². The van der Waals surface area contributed by atoms with Gasteiger partial charge in [0.25, 0.3) is 5.91 Å². The van der Waals surface area contributed by atoms with Crippen LogP contribution in [0.1, 0.15) is 26.8 Å². The molecule has 11 nitrogen and oxygen atoms in total. The first-order valence-corrected chi connectivity index (χ1v) is 10.9. The summed E-state index contributed by atoms with van der Waals surface area (Å²) in [5.74, 6) is 5.81. The number of carbonyl (C=O) groups is 1. The Hall–Kier alpha value is -4.34. The summed E-state index contributed by atoms with van der Waals surface area (Å²) in [5.41, 5.74) is 3.40. The van der Waals surface area contributed by atoms with E-state index in [1.165, 1.54) is 19.6 Å². The predicted octanol–water partition coefficient (Wildman–Crippen LogP) is 2.99. The lowest BCUT2D eigenvalue weighted by Gasteiger charge is -2.13. The smallest absolute Gasteiger partial charge is 0.258 e. The number of halogens is 1. The van der Waals surface area contributed by atoms with Crippen molar-refractivity contribution in [3.8, 4) is 28.7 Å². The van der Waals surface area contributed by atoms with Gasteiger partial charge in [-0.3, -0.25) is 15.2 Å². The number of hydrogen-bond acceptors (Lipinski definition) is 9. The van der Waals surface area contributed by atoms with Gasteiger partial charge in [0.2, 0.25) is 5.13 Å². The van der Waals surface area contributed by atoms with Crippen molar-refractivity contribution in [3.63, 3.8) is 0 Å². The number of anilines is 1. The normalized spacial score (nSPS) is 10.7. The van der Waals surface area contributed by atoms with Crippen LogP contribution in [0.3, 0.4) is 0 Å². The minimum absolute atomic E-state index is 0.250. The molecule has 2 N–H and O–H groups in total. The van der Waals surface area contributed by atoms with Crippen LogP contribution in [0.25, 0.3) is 16.8 Å². The Balaban J connectivity index is 1.48. The van der Waals surface area contributed by atoms with Gasteiger partial charge in [0.1, 0.15) is 22.9 Å². The number of nitrogens with one attached hydrogen (secondary N) is 2. The zero-order chi connectivity index (χ0) is 23.7. The van der Waals surface area contributed by atoms with Crippen molar-refractivity contribution in [2.45, 2.75) is 6.92 Å². The molecule has 0 aliphatic carbocycles. The molecule has 0 spiro atoms. The van der Waals surface area contributed by atoms with Crippen LogP contribution < -0.4 is 10.1 Å². The summed E-state index contributed by atoms with van der Waals surface area (Å²) in [6, 6.07) is 5.05. The average Bonchev–Trinajstić information content (AvgIpc) is 3.57. The largest absolute Gasteiger partial charge is 0.494 e. The van der Waals surface area contributed by atoms with Gasteiger partial charge < -0.3 is 4.74 Å². The summed E-state index contributed by atoms with van der Waals surface area (Å²) in [6.07, 6.45) is 4.56. The van der Waals surface area contributed by atoms with E-state index >= 15 is 0 Å². The van der Waals surface area contributed by atoms with Gasteiger partial charge >= 0.3 is 0 Å². The Kier molecular flexibility index (Phi) is 5.62. The van der Waals surface area contributed by atoms with Crippen molar-refractivity contribution in [3.05, 3.63) is 64.0 Å². The molecule has 0 fully saturated rings. The highest BCUT2D eigenvalue weighted by atomic mass is 35.5. The molecule has 5 aromatic rings. The molecule has 0 unspecified atom stereocenters. The highest BCUT2D eigenvalue weighted by molar-refractivity contribution is 7.15. The second-order valence-corrected chi connectivity index (χ2v) is 8.29. The molecule has 0 radical (unpaired) electrons. The maximum Gasteiger partial charge on any atom is 0.258 e. The number of amides is 1. The van der Waals surface area contributed by atoms with E-state index in [-0.39, 0.29) is 5.15 Å². The standard InChI is InChI=1S/C21H14ClN9O2S/c1-11-5-12(28-27-11)3-4-19-29-30-21(34-19)26-20(32)14-7-18-24-10-25-31(18)9-15(14)13-6-17(22)23-8-16(13)33-2/h5-10H,1-2H3,(H,27,28)(H,26,30,32). The second kappa shape index (κ2) is 8.89. The number of rotatable bonds is 4. The fourth-order valence-electron chi connectivity index (χ4n) is 3.14. The molecular weight excluding hydrogens is 478 g/mol. The SMILES string of the molecule is COc1cnc(Cl)cc1-c1cn2ncnc2cc1C(=O)Nc1nnc(C#Cc2cc(C)[nH]n2)s1. The Bertz CT molecular complexity index is 1590. The molecule has 13 heteroatoms. The number of aryl methyl sites for hydroxylation is 1. The Morgan fingerprint density at radius 3 is 2.88 bits per heavy atom. The van der Waals surface area contributed by atoms with Gasteiger partial charge in [0.05, 0.1) is 18.9 Å². The highest BCUT2D eigenvalue weighted by Gasteiger charge is 2.20. The van der Waals surface area contributed by atoms with E-state index in [0.29, 0.717) is 43.9 Å². The summed E-state index contributed by atoms with van der Waals surface area (Å²) in [7, 11) is 1.51. The molecule has 168 valence electrons. The molecule has 5 aromatic heterocycles. The molecule has 0 aliphatic heterocycles. The van der Waals surface area contributed by atoms with Crippen molar-refractivity contribution in [2.24, 2.45) is 0 Å². The van der Waals surface area contributed by atoms with Gasteiger partial charge in [-0.1, -0.05) is 22.9 Å². The summed E-state index contributed by atoms with van der Waals surface area (Å²) < 4.78 is 6.98. The van der Waals surface area contributed by atoms with Crippen LogP contribution in [0, 0.1) is 18.8 Å². The molecule has 5 rings (SSSR count). The van der Waals surface area contributed by atoms with Crippen LogP contribution in [0.4, 0.5) is 5.13 Å². The average molecular weight is 492 g/mol. The monoisotopic (exact) mass is 491 g/mol. The number of fused-ring (bicyclic) bond motifs is 1. The number of nitrogens with zero attached hydrogens (tertiary/aromatic N) is 7. The van der Waals surface area contributed by atoms with Crippen molar-refractivity contribution < 1.29 is 9.53 Å². The molecule has 0 bridgehead atoms. The van der Waals surface area contributed by atoms with E-state index in [2.05, 4.69) is 52.6 Å². The molecule has 0 aliphatic rings. The Labute approximate surface area is 201 Å². The van der Waals surface area contributed by atoms with Crippen LogP contribution >= 0.6 is 22.9 Å². The topological polar surface area (TPSA) is 136 Å². The van der Waals surface area contributed by atoms with Crippen molar-refractivity contribution in [1.29, 1.82) is 0 Å². The van der Waals surface area contributed by atoms with Gasteiger partial charge in [0.15, 0.2) is 10.7 Å². The second-order valence-electron chi connectivity index (χ2n) is 6.92. The lowest BCUT2D eigenvalue weighted by Crippen LogP contribution is -2.14. The maximum atomic E-state index is 13.3. The predicted molar refractivity (Wildman–Crippen MR) is 125 cm³/mol. The van der Waals surface area contributed by atoms with E-state index in [0.717, 1.165) is 17.0 Å². The first-order chi connectivity index (χ1) is 16.5. The van der Waals surface area contributed by atoms with Crippen LogP contribution in [0.15, 0.2) is 36.9 Å².